The van der Waals surface area contributed by atoms with Crippen LogP contribution in [0.15, 0.2) is 36.9 Å². The molecule has 5 nitrogen and oxygen atoms in total. The van der Waals surface area contributed by atoms with E-state index in [1.165, 1.54) is 5.56 Å². The van der Waals surface area contributed by atoms with E-state index in [1.54, 1.807) is 6.08 Å². The Morgan fingerprint density at radius 1 is 1.42 bits per heavy atom. The molecular weight excluding hydrogens is 304 g/mol. The summed E-state index contributed by atoms with van der Waals surface area (Å²) in [6.45, 7) is 8.15. The number of nitrogens with one attached hydrogen (secondary N) is 1. The number of hydrogen-bond acceptors (Lipinski definition) is 3. The van der Waals surface area contributed by atoms with Crippen LogP contribution in [0, 0.1) is 12.8 Å². The van der Waals surface area contributed by atoms with Crippen LogP contribution in [0.2, 0.25) is 0 Å². The number of benzene rings is 1. The summed E-state index contributed by atoms with van der Waals surface area (Å²) >= 11 is 0. The third-order valence-electron chi connectivity index (χ3n) is 4.85. The molecule has 1 saturated heterocycles. The fraction of sp³-hybridized carbons (Fsp3) is 0.526. The molecule has 3 atom stereocenters. The summed E-state index contributed by atoms with van der Waals surface area (Å²) in [6, 6.07) is 7.98. The first kappa shape index (κ1) is 17.0. The van der Waals surface area contributed by atoms with E-state index in [4.69, 9.17) is 9.47 Å². The van der Waals surface area contributed by atoms with E-state index in [2.05, 4.69) is 11.9 Å². The summed E-state index contributed by atoms with van der Waals surface area (Å²) in [6.07, 6.45) is 3.83. The number of amides is 2. The second-order valence-electron chi connectivity index (χ2n) is 6.56. The maximum absolute atomic E-state index is 12.7. The van der Waals surface area contributed by atoms with Gasteiger partial charge in [0.2, 0.25) is 0 Å². The summed E-state index contributed by atoms with van der Waals surface area (Å²) in [4.78, 5) is 14.6. The van der Waals surface area contributed by atoms with Crippen molar-refractivity contribution in [1.29, 1.82) is 0 Å². The Kier molecular flexibility index (Phi) is 5.53. The monoisotopic (exact) mass is 330 g/mol. The van der Waals surface area contributed by atoms with Gasteiger partial charge in [0, 0.05) is 18.2 Å². The summed E-state index contributed by atoms with van der Waals surface area (Å²) in [5.74, 6) is 0.352. The minimum absolute atomic E-state index is 0.0372. The molecule has 0 radical (unpaired) electrons. The molecule has 0 bridgehead atoms. The van der Waals surface area contributed by atoms with Gasteiger partial charge >= 0.3 is 6.03 Å². The Morgan fingerprint density at radius 2 is 2.21 bits per heavy atom. The van der Waals surface area contributed by atoms with Crippen LogP contribution in [-0.4, -0.2) is 49.4 Å². The predicted molar refractivity (Wildman–Crippen MR) is 94.2 cm³/mol. The van der Waals surface area contributed by atoms with Crippen LogP contribution < -0.4 is 5.32 Å². The number of carbonyl (C=O) groups excluding carboxylic acids is 1. The number of anilines is 1. The third-order valence-corrected chi connectivity index (χ3v) is 4.85. The van der Waals surface area contributed by atoms with Crippen LogP contribution in [-0.2, 0) is 9.47 Å². The van der Waals surface area contributed by atoms with Gasteiger partial charge < -0.3 is 19.7 Å². The Morgan fingerprint density at radius 3 is 2.96 bits per heavy atom. The summed E-state index contributed by atoms with van der Waals surface area (Å²) in [5, 5.41) is 3.01. The Labute approximate surface area is 143 Å². The second kappa shape index (κ2) is 7.81. The van der Waals surface area contributed by atoms with Gasteiger partial charge in [-0.3, -0.25) is 0 Å². The van der Waals surface area contributed by atoms with Gasteiger partial charge in [-0.1, -0.05) is 23.8 Å². The van der Waals surface area contributed by atoms with Crippen LogP contribution in [0.1, 0.15) is 18.4 Å². The van der Waals surface area contributed by atoms with E-state index in [-0.39, 0.29) is 18.2 Å². The van der Waals surface area contributed by atoms with E-state index in [0.29, 0.717) is 32.3 Å². The number of fused-ring (bicyclic) bond motifs is 1. The molecule has 1 N–H and O–H groups in total. The van der Waals surface area contributed by atoms with Gasteiger partial charge in [0.15, 0.2) is 0 Å². The standard InChI is InChI=1S/C19H26N2O3/c1-3-11-23-13-15-6-9-17-18(15)24-12-10-21(17)19(22)20-16-7-4-14(2)5-8-16/h3-5,7-8,15,17-18H,1,6,9-13H2,2H3,(H,20,22)/t15?,17-,18-/m1/s1. The van der Waals surface area contributed by atoms with E-state index in [0.717, 1.165) is 18.5 Å². The molecule has 1 aliphatic heterocycles. The molecule has 1 heterocycles. The lowest BCUT2D eigenvalue weighted by Gasteiger charge is -2.39. The van der Waals surface area contributed by atoms with Gasteiger partial charge in [0.05, 0.1) is 32.0 Å². The molecule has 24 heavy (non-hydrogen) atoms. The van der Waals surface area contributed by atoms with E-state index < -0.39 is 0 Å². The normalized spacial score (nSPS) is 26.0. The number of morpholine rings is 1. The zero-order valence-corrected chi connectivity index (χ0v) is 14.2. The molecule has 0 spiro atoms. The SMILES string of the molecule is C=CCOCC1CC[C@@H]2[C@@H]1OCCN2C(=O)Nc1ccc(C)cc1. The van der Waals surface area contributed by atoms with Crippen LogP contribution >= 0.6 is 0 Å². The first-order chi connectivity index (χ1) is 11.7. The van der Waals surface area contributed by atoms with Crippen molar-refractivity contribution in [2.75, 3.05) is 31.7 Å². The van der Waals surface area contributed by atoms with Crippen molar-refractivity contribution in [3.8, 4) is 0 Å². The second-order valence-corrected chi connectivity index (χ2v) is 6.56. The predicted octanol–water partition coefficient (Wildman–Crippen LogP) is 3.21. The molecule has 0 aromatic heterocycles. The van der Waals surface area contributed by atoms with Crippen molar-refractivity contribution < 1.29 is 14.3 Å². The van der Waals surface area contributed by atoms with Gasteiger partial charge in [-0.25, -0.2) is 4.79 Å². The first-order valence-corrected chi connectivity index (χ1v) is 8.63. The number of ether oxygens (including phenoxy) is 2. The highest BCUT2D eigenvalue weighted by Gasteiger charge is 2.44. The van der Waals surface area contributed by atoms with Crippen molar-refractivity contribution in [3.63, 3.8) is 0 Å². The lowest BCUT2D eigenvalue weighted by atomic mass is 10.0. The molecule has 1 aliphatic carbocycles. The smallest absolute Gasteiger partial charge is 0.322 e. The van der Waals surface area contributed by atoms with Crippen LogP contribution in [0.5, 0.6) is 0 Å². The highest BCUT2D eigenvalue weighted by Crippen LogP contribution is 2.35. The Balaban J connectivity index is 1.60. The molecule has 3 rings (SSSR count). The third kappa shape index (κ3) is 3.79. The zero-order chi connectivity index (χ0) is 16.9. The Hall–Kier alpha value is -1.85. The highest BCUT2D eigenvalue weighted by atomic mass is 16.5. The van der Waals surface area contributed by atoms with Crippen LogP contribution in [0.25, 0.3) is 0 Å². The van der Waals surface area contributed by atoms with Crippen molar-refractivity contribution in [2.24, 2.45) is 5.92 Å². The van der Waals surface area contributed by atoms with Gasteiger partial charge in [0.25, 0.3) is 0 Å². The van der Waals surface area contributed by atoms with Gasteiger partial charge in [0.1, 0.15) is 0 Å². The summed E-state index contributed by atoms with van der Waals surface area (Å²) < 4.78 is 11.6. The van der Waals surface area contributed by atoms with E-state index >= 15 is 0 Å². The van der Waals surface area contributed by atoms with Crippen LogP contribution in [0.4, 0.5) is 10.5 Å². The summed E-state index contributed by atoms with van der Waals surface area (Å²) in [5.41, 5.74) is 2.01. The lowest BCUT2D eigenvalue weighted by Crippen LogP contribution is -2.54. The number of rotatable bonds is 5. The minimum Gasteiger partial charge on any atom is -0.377 e. The van der Waals surface area contributed by atoms with Crippen molar-refractivity contribution in [1.82, 2.24) is 4.90 Å². The quantitative estimate of drug-likeness (QED) is 0.666. The molecule has 1 saturated carbocycles. The highest BCUT2D eigenvalue weighted by molar-refractivity contribution is 5.89. The molecule has 1 unspecified atom stereocenters. The number of hydrogen-bond donors (Lipinski definition) is 1. The fourth-order valence-corrected chi connectivity index (χ4v) is 3.63. The molecule has 5 heteroatoms. The molecule has 130 valence electrons. The van der Waals surface area contributed by atoms with Gasteiger partial charge in [-0.15, -0.1) is 6.58 Å². The molecule has 2 aliphatic rings. The van der Waals surface area contributed by atoms with E-state index in [1.807, 2.05) is 36.1 Å². The Bertz CT molecular complexity index is 572. The molecular formula is C19H26N2O3. The van der Waals surface area contributed by atoms with E-state index in [9.17, 15) is 4.79 Å². The van der Waals surface area contributed by atoms with Crippen molar-refractivity contribution in [3.05, 3.63) is 42.5 Å². The maximum atomic E-state index is 12.7. The topological polar surface area (TPSA) is 50.8 Å². The molecule has 2 fully saturated rings. The average Bonchev–Trinajstić information content (AvgIpc) is 3.00. The van der Waals surface area contributed by atoms with Gasteiger partial charge in [-0.05, 0) is 31.9 Å². The number of nitrogens with zero attached hydrogens (tertiary/aromatic N) is 1. The van der Waals surface area contributed by atoms with Crippen LogP contribution in [0.3, 0.4) is 0 Å². The maximum Gasteiger partial charge on any atom is 0.322 e. The largest absolute Gasteiger partial charge is 0.377 e. The molecule has 1 aromatic rings. The number of carbonyl (C=O) groups is 1. The number of urea groups is 1. The fourth-order valence-electron chi connectivity index (χ4n) is 3.63. The molecule has 2 amide bonds. The molecule has 1 aromatic carbocycles. The minimum atomic E-state index is -0.0372. The average molecular weight is 330 g/mol. The summed E-state index contributed by atoms with van der Waals surface area (Å²) in [7, 11) is 0. The first-order valence-electron chi connectivity index (χ1n) is 8.63. The number of aryl methyl sites for hydroxylation is 1. The zero-order valence-electron chi connectivity index (χ0n) is 14.2. The van der Waals surface area contributed by atoms with Crippen molar-refractivity contribution >= 4 is 11.7 Å². The van der Waals surface area contributed by atoms with Gasteiger partial charge in [-0.2, -0.15) is 0 Å². The van der Waals surface area contributed by atoms with Crippen molar-refractivity contribution in [2.45, 2.75) is 31.9 Å². The lowest BCUT2D eigenvalue weighted by molar-refractivity contribution is -0.0690.